The number of carbonyl (C=O) groups is 2. The van der Waals surface area contributed by atoms with Gasteiger partial charge in [-0.25, -0.2) is 9.59 Å². The molecule has 0 aliphatic rings. The second-order valence-electron chi connectivity index (χ2n) is 5.45. The second kappa shape index (κ2) is 7.52. The van der Waals surface area contributed by atoms with Crippen LogP contribution in [0.2, 0.25) is 0 Å². The zero-order valence-electron chi connectivity index (χ0n) is 14.5. The van der Waals surface area contributed by atoms with Crippen LogP contribution in [0.3, 0.4) is 0 Å². The Kier molecular flexibility index (Phi) is 5.17. The Bertz CT molecular complexity index is 927. The fraction of sp³-hybridized carbons (Fsp3) is 0.294. The van der Waals surface area contributed by atoms with E-state index in [9.17, 15) is 9.59 Å². The third kappa shape index (κ3) is 3.52. The average Bonchev–Trinajstić information content (AvgIpc) is 3.32. The molecule has 136 valence electrons. The number of aromatic nitrogens is 3. The van der Waals surface area contributed by atoms with E-state index in [0.29, 0.717) is 22.7 Å². The minimum atomic E-state index is -0.608. The number of esters is 2. The summed E-state index contributed by atoms with van der Waals surface area (Å²) < 4.78 is 15.4. The summed E-state index contributed by atoms with van der Waals surface area (Å²) in [6.07, 6.45) is 0. The van der Waals surface area contributed by atoms with Gasteiger partial charge in [-0.05, 0) is 37.8 Å². The summed E-state index contributed by atoms with van der Waals surface area (Å²) >= 11 is 1.52. The Morgan fingerprint density at radius 3 is 2.77 bits per heavy atom. The minimum Gasteiger partial charge on any atom is -0.462 e. The van der Waals surface area contributed by atoms with Crippen LogP contribution in [0.15, 0.2) is 21.3 Å². The molecule has 0 aliphatic heterocycles. The lowest BCUT2D eigenvalue weighted by atomic mass is 10.1. The van der Waals surface area contributed by atoms with Crippen molar-refractivity contribution in [3.05, 3.63) is 45.2 Å². The van der Waals surface area contributed by atoms with Gasteiger partial charge in [0.25, 0.3) is 5.89 Å². The van der Waals surface area contributed by atoms with Crippen LogP contribution in [0, 0.1) is 13.8 Å². The number of nitrogens with zero attached hydrogens (tertiary/aromatic N) is 2. The zero-order chi connectivity index (χ0) is 18.7. The van der Waals surface area contributed by atoms with Crippen LogP contribution >= 0.6 is 11.3 Å². The summed E-state index contributed by atoms with van der Waals surface area (Å²) in [5.41, 5.74) is 2.39. The summed E-state index contributed by atoms with van der Waals surface area (Å²) in [6, 6.07) is 1.86. The predicted octanol–water partition coefficient (Wildman–Crippen LogP) is 3.28. The van der Waals surface area contributed by atoms with Crippen LogP contribution < -0.4 is 0 Å². The van der Waals surface area contributed by atoms with E-state index in [1.165, 1.54) is 11.3 Å². The van der Waals surface area contributed by atoms with Crippen LogP contribution in [0.25, 0.3) is 11.5 Å². The summed E-state index contributed by atoms with van der Waals surface area (Å²) in [6.45, 7) is 5.20. The van der Waals surface area contributed by atoms with E-state index in [1.807, 2.05) is 16.8 Å². The van der Waals surface area contributed by atoms with Gasteiger partial charge in [-0.2, -0.15) is 16.3 Å². The quantitative estimate of drug-likeness (QED) is 0.659. The maximum atomic E-state index is 12.3. The van der Waals surface area contributed by atoms with Gasteiger partial charge in [0.15, 0.2) is 6.61 Å². The van der Waals surface area contributed by atoms with E-state index in [4.69, 9.17) is 14.0 Å². The van der Waals surface area contributed by atoms with Crippen molar-refractivity contribution in [2.24, 2.45) is 0 Å². The van der Waals surface area contributed by atoms with E-state index < -0.39 is 11.9 Å². The van der Waals surface area contributed by atoms with Gasteiger partial charge in [-0.15, -0.1) is 0 Å². The molecule has 0 radical (unpaired) electrons. The molecular formula is C17H17N3O5S. The van der Waals surface area contributed by atoms with Crippen molar-refractivity contribution in [3.8, 4) is 11.5 Å². The van der Waals surface area contributed by atoms with Crippen LogP contribution in [-0.2, 0) is 16.1 Å². The predicted molar refractivity (Wildman–Crippen MR) is 93.0 cm³/mol. The van der Waals surface area contributed by atoms with E-state index in [1.54, 1.807) is 20.8 Å². The number of ether oxygens (including phenoxy) is 2. The van der Waals surface area contributed by atoms with Crippen LogP contribution in [0.1, 0.15) is 44.9 Å². The fourth-order valence-corrected chi connectivity index (χ4v) is 3.11. The monoisotopic (exact) mass is 375 g/mol. The molecule has 8 nitrogen and oxygen atoms in total. The van der Waals surface area contributed by atoms with Gasteiger partial charge in [0.2, 0.25) is 5.82 Å². The number of hydrogen-bond acceptors (Lipinski definition) is 8. The van der Waals surface area contributed by atoms with Gasteiger partial charge in [0.1, 0.15) is 5.69 Å². The lowest BCUT2D eigenvalue weighted by Gasteiger charge is -2.03. The second-order valence-corrected chi connectivity index (χ2v) is 6.23. The summed E-state index contributed by atoms with van der Waals surface area (Å²) in [7, 11) is 0. The summed E-state index contributed by atoms with van der Waals surface area (Å²) in [5.74, 6) is -0.459. The number of thiophene rings is 1. The number of carbonyl (C=O) groups excluding carboxylic acids is 2. The number of hydrogen-bond donors (Lipinski definition) is 1. The maximum absolute atomic E-state index is 12.3. The number of aryl methyl sites for hydroxylation is 1. The van der Waals surface area contributed by atoms with Crippen LogP contribution in [-0.4, -0.2) is 33.7 Å². The molecule has 0 unspecified atom stereocenters. The number of rotatable bonds is 6. The van der Waals surface area contributed by atoms with Gasteiger partial charge in [0.05, 0.1) is 17.7 Å². The third-order valence-corrected chi connectivity index (χ3v) is 4.37. The standard InChI is InChI=1S/C17H17N3O5S/c1-4-23-16(21)13-9(2)14(18-10(13)3)17(22)24-7-12-19-15(25-20-12)11-5-6-26-8-11/h5-6,8,18H,4,7H2,1-3H3. The van der Waals surface area contributed by atoms with Crippen molar-refractivity contribution in [3.63, 3.8) is 0 Å². The van der Waals surface area contributed by atoms with E-state index >= 15 is 0 Å². The molecule has 3 aromatic heterocycles. The normalized spacial score (nSPS) is 10.7. The molecule has 3 aromatic rings. The highest BCUT2D eigenvalue weighted by atomic mass is 32.1. The average molecular weight is 375 g/mol. The van der Waals surface area contributed by atoms with Gasteiger partial charge >= 0.3 is 11.9 Å². The summed E-state index contributed by atoms with van der Waals surface area (Å²) in [5, 5.41) is 7.57. The molecule has 0 bridgehead atoms. The first kappa shape index (κ1) is 17.9. The topological polar surface area (TPSA) is 107 Å². The Morgan fingerprint density at radius 1 is 1.27 bits per heavy atom. The van der Waals surface area contributed by atoms with E-state index in [0.717, 1.165) is 5.56 Å². The first-order valence-corrected chi connectivity index (χ1v) is 8.84. The van der Waals surface area contributed by atoms with Gasteiger partial charge in [0, 0.05) is 11.1 Å². The molecule has 9 heteroatoms. The van der Waals surface area contributed by atoms with Gasteiger partial charge < -0.3 is 19.0 Å². The highest BCUT2D eigenvalue weighted by Gasteiger charge is 2.24. The lowest BCUT2D eigenvalue weighted by Crippen LogP contribution is -2.09. The van der Waals surface area contributed by atoms with Crippen LogP contribution in [0.5, 0.6) is 0 Å². The SMILES string of the molecule is CCOC(=O)c1c(C)[nH]c(C(=O)OCc2noc(-c3ccsc3)n2)c1C. The molecule has 0 spiro atoms. The Balaban J connectivity index is 1.69. The molecule has 1 N–H and O–H groups in total. The highest BCUT2D eigenvalue weighted by molar-refractivity contribution is 7.08. The number of H-pyrrole nitrogens is 1. The first-order valence-electron chi connectivity index (χ1n) is 7.89. The highest BCUT2D eigenvalue weighted by Crippen LogP contribution is 2.21. The Labute approximate surface area is 153 Å². The van der Waals surface area contributed by atoms with Crippen molar-refractivity contribution in [2.45, 2.75) is 27.4 Å². The summed E-state index contributed by atoms with van der Waals surface area (Å²) in [4.78, 5) is 31.4. The molecule has 0 amide bonds. The molecule has 0 saturated carbocycles. The third-order valence-electron chi connectivity index (χ3n) is 3.69. The molecule has 26 heavy (non-hydrogen) atoms. The van der Waals surface area contributed by atoms with Crippen molar-refractivity contribution in [1.82, 2.24) is 15.1 Å². The lowest BCUT2D eigenvalue weighted by molar-refractivity contribution is 0.0452. The van der Waals surface area contributed by atoms with Gasteiger partial charge in [-0.1, -0.05) is 5.16 Å². The van der Waals surface area contributed by atoms with Crippen molar-refractivity contribution in [2.75, 3.05) is 6.61 Å². The van der Waals surface area contributed by atoms with Crippen molar-refractivity contribution >= 4 is 23.3 Å². The zero-order valence-corrected chi connectivity index (χ0v) is 15.3. The van der Waals surface area contributed by atoms with Gasteiger partial charge in [-0.3, -0.25) is 0 Å². The molecular weight excluding hydrogens is 358 g/mol. The minimum absolute atomic E-state index is 0.140. The van der Waals surface area contributed by atoms with E-state index in [-0.39, 0.29) is 24.7 Å². The van der Waals surface area contributed by atoms with Crippen molar-refractivity contribution in [1.29, 1.82) is 0 Å². The van der Waals surface area contributed by atoms with Crippen molar-refractivity contribution < 1.29 is 23.6 Å². The fourth-order valence-electron chi connectivity index (χ4n) is 2.48. The molecule has 0 fully saturated rings. The number of nitrogens with one attached hydrogen (secondary N) is 1. The maximum Gasteiger partial charge on any atom is 0.355 e. The number of aromatic amines is 1. The molecule has 0 aromatic carbocycles. The Hall–Kier alpha value is -2.94. The van der Waals surface area contributed by atoms with E-state index in [2.05, 4.69) is 15.1 Å². The first-order chi connectivity index (χ1) is 12.5. The Morgan fingerprint density at radius 2 is 2.08 bits per heavy atom. The van der Waals surface area contributed by atoms with Crippen LogP contribution in [0.4, 0.5) is 0 Å². The largest absolute Gasteiger partial charge is 0.462 e. The smallest absolute Gasteiger partial charge is 0.355 e. The molecule has 3 heterocycles. The molecule has 0 aliphatic carbocycles. The molecule has 0 atom stereocenters. The molecule has 3 rings (SSSR count). The molecule has 0 saturated heterocycles.